The van der Waals surface area contributed by atoms with E-state index in [9.17, 15) is 0 Å². The molecule has 0 radical (unpaired) electrons. The highest BCUT2D eigenvalue weighted by Crippen LogP contribution is 2.12. The molecule has 0 atom stereocenters. The summed E-state index contributed by atoms with van der Waals surface area (Å²) in [7, 11) is 1.61. The lowest BCUT2D eigenvalue weighted by Crippen LogP contribution is -1.95. The molecule has 2 N–H and O–H groups in total. The van der Waals surface area contributed by atoms with Crippen LogP contribution >= 0.6 is 0 Å². The average molecular weight is 178 g/mol. The van der Waals surface area contributed by atoms with Gasteiger partial charge in [-0.3, -0.25) is 4.40 Å². The van der Waals surface area contributed by atoms with Gasteiger partial charge in [-0.15, -0.1) is 0 Å². The first-order chi connectivity index (χ1) is 6.35. The first-order valence-electron chi connectivity index (χ1n) is 3.92. The fourth-order valence-electron chi connectivity index (χ4n) is 1.18. The number of ether oxygens (including phenoxy) is 1. The molecule has 0 aliphatic rings. The number of nitrogens with two attached hydrogens (primary N) is 1. The van der Waals surface area contributed by atoms with Crippen LogP contribution in [0.5, 0.6) is 5.88 Å². The minimum absolute atomic E-state index is 0.409. The summed E-state index contributed by atoms with van der Waals surface area (Å²) >= 11 is 0. The van der Waals surface area contributed by atoms with Crippen LogP contribution in [0.25, 0.3) is 5.78 Å². The monoisotopic (exact) mass is 178 g/mol. The molecule has 0 spiro atoms. The van der Waals surface area contributed by atoms with E-state index in [1.807, 2.05) is 6.20 Å². The Labute approximate surface area is 75.2 Å². The largest absolute Gasteiger partial charge is 0.482 e. The third-order valence-electron chi connectivity index (χ3n) is 1.80. The summed E-state index contributed by atoms with van der Waals surface area (Å²) in [5.41, 5.74) is 6.26. The van der Waals surface area contributed by atoms with Crippen molar-refractivity contribution in [3.8, 4) is 5.88 Å². The zero-order valence-electron chi connectivity index (χ0n) is 7.27. The van der Waals surface area contributed by atoms with Crippen molar-refractivity contribution in [1.82, 2.24) is 14.4 Å². The van der Waals surface area contributed by atoms with Crippen LogP contribution in [0.4, 0.5) is 0 Å². The van der Waals surface area contributed by atoms with Crippen molar-refractivity contribution in [2.24, 2.45) is 5.73 Å². The smallest absolute Gasteiger partial charge is 0.236 e. The van der Waals surface area contributed by atoms with Crippen molar-refractivity contribution in [2.75, 3.05) is 7.11 Å². The van der Waals surface area contributed by atoms with Crippen molar-refractivity contribution < 1.29 is 4.74 Å². The van der Waals surface area contributed by atoms with Gasteiger partial charge in [-0.25, -0.2) is 9.97 Å². The molecular formula is C8H10N4O. The van der Waals surface area contributed by atoms with Gasteiger partial charge in [0.05, 0.1) is 12.8 Å². The second-order valence-electron chi connectivity index (χ2n) is 2.59. The number of fused-ring (bicyclic) bond motifs is 1. The lowest BCUT2D eigenvalue weighted by Gasteiger charge is -2.00. The maximum atomic E-state index is 5.46. The summed E-state index contributed by atoms with van der Waals surface area (Å²) in [6, 6.07) is 1.77. The first-order valence-corrected chi connectivity index (χ1v) is 3.92. The number of hydrogen-bond acceptors (Lipinski definition) is 4. The molecule has 0 aliphatic heterocycles. The third kappa shape index (κ3) is 1.23. The predicted molar refractivity (Wildman–Crippen MR) is 47.4 cm³/mol. The Morgan fingerprint density at radius 1 is 1.62 bits per heavy atom. The van der Waals surface area contributed by atoms with Crippen LogP contribution in [-0.4, -0.2) is 21.5 Å². The Kier molecular flexibility index (Phi) is 1.86. The summed E-state index contributed by atoms with van der Waals surface area (Å²) in [5, 5.41) is 0. The van der Waals surface area contributed by atoms with Crippen molar-refractivity contribution in [1.29, 1.82) is 0 Å². The highest BCUT2D eigenvalue weighted by molar-refractivity contribution is 5.35. The van der Waals surface area contributed by atoms with Crippen LogP contribution in [0.3, 0.4) is 0 Å². The molecule has 0 aromatic carbocycles. The third-order valence-corrected chi connectivity index (χ3v) is 1.80. The predicted octanol–water partition coefficient (Wildman–Crippen LogP) is 0.197. The second kappa shape index (κ2) is 3.02. The van der Waals surface area contributed by atoms with Crippen LogP contribution < -0.4 is 10.5 Å². The lowest BCUT2D eigenvalue weighted by atomic mass is 10.5. The van der Waals surface area contributed by atoms with Crippen LogP contribution in [0.2, 0.25) is 0 Å². The number of rotatable bonds is 2. The van der Waals surface area contributed by atoms with Gasteiger partial charge in [0.25, 0.3) is 0 Å². The first kappa shape index (κ1) is 8.00. The molecule has 13 heavy (non-hydrogen) atoms. The summed E-state index contributed by atoms with van der Waals surface area (Å²) < 4.78 is 6.89. The van der Waals surface area contributed by atoms with E-state index < -0.39 is 0 Å². The zero-order valence-corrected chi connectivity index (χ0v) is 7.27. The fourth-order valence-corrected chi connectivity index (χ4v) is 1.18. The van der Waals surface area contributed by atoms with Crippen molar-refractivity contribution in [2.45, 2.75) is 6.54 Å². The van der Waals surface area contributed by atoms with Gasteiger partial charge >= 0.3 is 0 Å². The molecule has 0 saturated carbocycles. The van der Waals surface area contributed by atoms with Crippen LogP contribution in [0, 0.1) is 0 Å². The van der Waals surface area contributed by atoms with E-state index >= 15 is 0 Å². The summed E-state index contributed by atoms with van der Waals surface area (Å²) in [4.78, 5) is 8.26. The SMILES string of the molecule is COc1ccnc2nc(CN)cn12. The molecule has 0 amide bonds. The normalized spacial score (nSPS) is 10.6. The number of nitrogens with zero attached hydrogens (tertiary/aromatic N) is 3. The highest BCUT2D eigenvalue weighted by Gasteiger charge is 2.04. The van der Waals surface area contributed by atoms with E-state index in [1.54, 1.807) is 23.8 Å². The van der Waals surface area contributed by atoms with E-state index in [2.05, 4.69) is 9.97 Å². The molecule has 0 aliphatic carbocycles. The van der Waals surface area contributed by atoms with E-state index in [1.165, 1.54) is 0 Å². The van der Waals surface area contributed by atoms with Gasteiger partial charge < -0.3 is 10.5 Å². The highest BCUT2D eigenvalue weighted by atomic mass is 16.5. The van der Waals surface area contributed by atoms with Gasteiger partial charge in [-0.1, -0.05) is 0 Å². The standard InChI is InChI=1S/C8H10N4O/c1-13-7-2-3-10-8-11-6(4-9)5-12(7)8/h2-3,5H,4,9H2,1H3. The van der Waals surface area contributed by atoms with Gasteiger partial charge in [0.15, 0.2) is 0 Å². The molecule has 2 rings (SSSR count). The maximum Gasteiger partial charge on any atom is 0.236 e. The van der Waals surface area contributed by atoms with Gasteiger partial charge in [-0.2, -0.15) is 0 Å². The van der Waals surface area contributed by atoms with Crippen LogP contribution in [0.15, 0.2) is 18.5 Å². The Morgan fingerprint density at radius 3 is 3.15 bits per heavy atom. The molecule has 5 heteroatoms. The molecule has 0 bridgehead atoms. The minimum Gasteiger partial charge on any atom is -0.482 e. The van der Waals surface area contributed by atoms with Crippen molar-refractivity contribution in [3.05, 3.63) is 24.2 Å². The summed E-state index contributed by atoms with van der Waals surface area (Å²) in [6.45, 7) is 0.409. The van der Waals surface area contributed by atoms with Gasteiger partial charge in [-0.05, 0) is 0 Å². The summed E-state index contributed by atoms with van der Waals surface area (Å²) in [5.74, 6) is 1.32. The van der Waals surface area contributed by atoms with Crippen molar-refractivity contribution in [3.63, 3.8) is 0 Å². The number of methoxy groups -OCH3 is 1. The maximum absolute atomic E-state index is 5.46. The number of hydrogen-bond donors (Lipinski definition) is 1. The fraction of sp³-hybridized carbons (Fsp3) is 0.250. The minimum atomic E-state index is 0.409. The van der Waals surface area contributed by atoms with E-state index in [0.717, 1.165) is 5.69 Å². The molecule has 68 valence electrons. The molecule has 0 unspecified atom stereocenters. The van der Waals surface area contributed by atoms with E-state index in [0.29, 0.717) is 18.2 Å². The molecule has 0 fully saturated rings. The Bertz CT molecular complexity index is 423. The number of aromatic nitrogens is 3. The van der Waals surface area contributed by atoms with Gasteiger partial charge in [0.1, 0.15) is 0 Å². The molecular weight excluding hydrogens is 168 g/mol. The molecule has 0 saturated heterocycles. The van der Waals surface area contributed by atoms with Crippen molar-refractivity contribution >= 4 is 5.78 Å². The van der Waals surface area contributed by atoms with E-state index in [4.69, 9.17) is 10.5 Å². The molecule has 5 nitrogen and oxygen atoms in total. The number of imidazole rings is 1. The topological polar surface area (TPSA) is 65.4 Å². The quantitative estimate of drug-likeness (QED) is 0.713. The molecule has 2 heterocycles. The Morgan fingerprint density at radius 2 is 2.46 bits per heavy atom. The lowest BCUT2D eigenvalue weighted by molar-refractivity contribution is 0.391. The van der Waals surface area contributed by atoms with Crippen LogP contribution in [-0.2, 0) is 6.54 Å². The van der Waals surface area contributed by atoms with Gasteiger partial charge in [0, 0.05) is 25.0 Å². The molecule has 2 aromatic heterocycles. The van der Waals surface area contributed by atoms with Gasteiger partial charge in [0.2, 0.25) is 11.7 Å². The Hall–Kier alpha value is -1.62. The summed E-state index contributed by atoms with van der Waals surface area (Å²) in [6.07, 6.45) is 3.47. The average Bonchev–Trinajstić information content (AvgIpc) is 2.59. The Balaban J connectivity index is 2.67. The van der Waals surface area contributed by atoms with Crippen LogP contribution in [0.1, 0.15) is 5.69 Å². The zero-order chi connectivity index (χ0) is 9.26. The van der Waals surface area contributed by atoms with E-state index in [-0.39, 0.29) is 0 Å². The molecule has 2 aromatic rings. The second-order valence-corrected chi connectivity index (χ2v) is 2.59.